The van der Waals surface area contributed by atoms with E-state index in [1.54, 1.807) is 6.20 Å². The van der Waals surface area contributed by atoms with E-state index in [9.17, 15) is 0 Å². The van der Waals surface area contributed by atoms with E-state index in [4.69, 9.17) is 11.6 Å². The third-order valence-electron chi connectivity index (χ3n) is 3.04. The van der Waals surface area contributed by atoms with Crippen LogP contribution < -0.4 is 5.32 Å². The molecule has 0 atom stereocenters. The van der Waals surface area contributed by atoms with E-state index in [0.717, 1.165) is 12.2 Å². The molecule has 0 saturated heterocycles. The van der Waals surface area contributed by atoms with E-state index < -0.39 is 0 Å². The van der Waals surface area contributed by atoms with Crippen molar-refractivity contribution in [1.29, 1.82) is 0 Å². The number of anilines is 1. The number of pyridine rings is 1. The highest BCUT2D eigenvalue weighted by Gasteiger charge is 1.98. The maximum absolute atomic E-state index is 5.85. The van der Waals surface area contributed by atoms with Crippen molar-refractivity contribution in [2.75, 3.05) is 5.32 Å². The second kappa shape index (κ2) is 5.29. The lowest BCUT2D eigenvalue weighted by Crippen LogP contribution is -1.99. The van der Waals surface area contributed by atoms with Gasteiger partial charge in [0, 0.05) is 18.4 Å². The molecule has 2 aromatic carbocycles. The molecule has 0 saturated carbocycles. The Morgan fingerprint density at radius 2 is 1.79 bits per heavy atom. The molecule has 0 aliphatic carbocycles. The lowest BCUT2D eigenvalue weighted by Gasteiger charge is -2.07. The number of rotatable bonds is 3. The normalized spacial score (nSPS) is 10.6. The van der Waals surface area contributed by atoms with Crippen molar-refractivity contribution in [1.82, 2.24) is 4.98 Å². The summed E-state index contributed by atoms with van der Waals surface area (Å²) in [5.74, 6) is 0. The molecule has 0 fully saturated rings. The first-order valence-corrected chi connectivity index (χ1v) is 6.52. The van der Waals surface area contributed by atoms with Gasteiger partial charge in [-0.1, -0.05) is 48.0 Å². The standard InChI is InChI=1S/C16H13ClN2/c17-16-10-15(7-8-18-16)19-11-12-5-6-13-3-1-2-4-14(13)9-12/h1-10H,11H2,(H,18,19). The lowest BCUT2D eigenvalue weighted by molar-refractivity contribution is 1.15. The molecule has 3 aromatic rings. The Bertz CT molecular complexity index is 710. The van der Waals surface area contributed by atoms with Crippen molar-refractivity contribution in [2.24, 2.45) is 0 Å². The van der Waals surface area contributed by atoms with E-state index in [0.29, 0.717) is 5.15 Å². The zero-order valence-corrected chi connectivity index (χ0v) is 11.1. The zero-order chi connectivity index (χ0) is 13.1. The average Bonchev–Trinajstić information content (AvgIpc) is 2.45. The van der Waals surface area contributed by atoms with Gasteiger partial charge in [-0.05, 0) is 34.5 Å². The van der Waals surface area contributed by atoms with Crippen LogP contribution in [0.25, 0.3) is 10.8 Å². The van der Waals surface area contributed by atoms with E-state index >= 15 is 0 Å². The third-order valence-corrected chi connectivity index (χ3v) is 3.24. The first-order valence-electron chi connectivity index (χ1n) is 6.14. The highest BCUT2D eigenvalue weighted by molar-refractivity contribution is 6.29. The predicted octanol–water partition coefficient (Wildman–Crippen LogP) is 4.50. The van der Waals surface area contributed by atoms with Crippen LogP contribution >= 0.6 is 11.6 Å². The number of hydrogen-bond acceptors (Lipinski definition) is 2. The maximum atomic E-state index is 5.85. The molecule has 0 aliphatic heterocycles. The SMILES string of the molecule is Clc1cc(NCc2ccc3ccccc3c2)ccn1. The summed E-state index contributed by atoms with van der Waals surface area (Å²) >= 11 is 5.85. The van der Waals surface area contributed by atoms with Crippen LogP contribution in [0.15, 0.2) is 60.8 Å². The van der Waals surface area contributed by atoms with Gasteiger partial charge in [0.2, 0.25) is 0 Å². The summed E-state index contributed by atoms with van der Waals surface area (Å²) in [6.07, 6.45) is 1.70. The van der Waals surface area contributed by atoms with Gasteiger partial charge in [-0.2, -0.15) is 0 Å². The highest BCUT2D eigenvalue weighted by Crippen LogP contribution is 2.17. The van der Waals surface area contributed by atoms with E-state index in [-0.39, 0.29) is 0 Å². The first-order chi connectivity index (χ1) is 9.31. The largest absolute Gasteiger partial charge is 0.381 e. The fourth-order valence-corrected chi connectivity index (χ4v) is 2.24. The van der Waals surface area contributed by atoms with Crippen molar-refractivity contribution in [3.8, 4) is 0 Å². The van der Waals surface area contributed by atoms with Crippen molar-refractivity contribution in [3.63, 3.8) is 0 Å². The molecule has 1 heterocycles. The molecule has 19 heavy (non-hydrogen) atoms. The van der Waals surface area contributed by atoms with Gasteiger partial charge in [-0.15, -0.1) is 0 Å². The van der Waals surface area contributed by atoms with Crippen molar-refractivity contribution >= 4 is 28.1 Å². The molecule has 3 rings (SSSR count). The summed E-state index contributed by atoms with van der Waals surface area (Å²) in [5.41, 5.74) is 2.22. The Labute approximate surface area is 117 Å². The molecule has 0 spiro atoms. The molecule has 3 heteroatoms. The zero-order valence-electron chi connectivity index (χ0n) is 10.3. The Morgan fingerprint density at radius 1 is 0.947 bits per heavy atom. The summed E-state index contributed by atoms with van der Waals surface area (Å²) < 4.78 is 0. The van der Waals surface area contributed by atoms with Gasteiger partial charge in [0.25, 0.3) is 0 Å². The number of fused-ring (bicyclic) bond motifs is 1. The van der Waals surface area contributed by atoms with Crippen molar-refractivity contribution in [3.05, 3.63) is 71.5 Å². The van der Waals surface area contributed by atoms with Gasteiger partial charge >= 0.3 is 0 Å². The molecule has 0 amide bonds. The van der Waals surface area contributed by atoms with Crippen LogP contribution in [-0.2, 0) is 6.54 Å². The van der Waals surface area contributed by atoms with Crippen LogP contribution in [0.3, 0.4) is 0 Å². The maximum Gasteiger partial charge on any atom is 0.131 e. The summed E-state index contributed by atoms with van der Waals surface area (Å²) in [6, 6.07) is 18.6. The Balaban J connectivity index is 1.78. The molecule has 0 radical (unpaired) electrons. The van der Waals surface area contributed by atoms with E-state index in [2.05, 4.69) is 52.8 Å². The summed E-state index contributed by atoms with van der Waals surface area (Å²) in [5, 5.41) is 6.37. The Kier molecular flexibility index (Phi) is 3.34. The van der Waals surface area contributed by atoms with Gasteiger partial charge in [-0.25, -0.2) is 4.98 Å². The smallest absolute Gasteiger partial charge is 0.131 e. The molecule has 0 unspecified atom stereocenters. The number of benzene rings is 2. The number of nitrogens with one attached hydrogen (secondary N) is 1. The minimum atomic E-state index is 0.503. The lowest BCUT2D eigenvalue weighted by atomic mass is 10.1. The van der Waals surface area contributed by atoms with Gasteiger partial charge in [0.1, 0.15) is 5.15 Å². The minimum absolute atomic E-state index is 0.503. The van der Waals surface area contributed by atoms with Crippen LogP contribution in [0.4, 0.5) is 5.69 Å². The molecule has 94 valence electrons. The quantitative estimate of drug-likeness (QED) is 0.708. The number of nitrogens with zero attached hydrogens (tertiary/aromatic N) is 1. The van der Waals surface area contributed by atoms with Crippen LogP contribution in [0.5, 0.6) is 0 Å². The van der Waals surface area contributed by atoms with Crippen molar-refractivity contribution in [2.45, 2.75) is 6.54 Å². The van der Waals surface area contributed by atoms with Gasteiger partial charge in [0.05, 0.1) is 0 Å². The first kappa shape index (κ1) is 12.0. The van der Waals surface area contributed by atoms with Gasteiger partial charge < -0.3 is 5.32 Å². The van der Waals surface area contributed by atoms with Crippen LogP contribution in [0, 0.1) is 0 Å². The second-order valence-corrected chi connectivity index (χ2v) is 4.79. The number of halogens is 1. The average molecular weight is 269 g/mol. The molecule has 0 bridgehead atoms. The fraction of sp³-hybridized carbons (Fsp3) is 0.0625. The van der Waals surface area contributed by atoms with Crippen molar-refractivity contribution < 1.29 is 0 Å². The topological polar surface area (TPSA) is 24.9 Å². The summed E-state index contributed by atoms with van der Waals surface area (Å²) in [4.78, 5) is 3.96. The predicted molar refractivity (Wildman–Crippen MR) is 80.5 cm³/mol. The summed E-state index contributed by atoms with van der Waals surface area (Å²) in [7, 11) is 0. The molecule has 1 aromatic heterocycles. The Morgan fingerprint density at radius 3 is 2.63 bits per heavy atom. The third kappa shape index (κ3) is 2.85. The minimum Gasteiger partial charge on any atom is -0.381 e. The van der Waals surface area contributed by atoms with Gasteiger partial charge in [0.15, 0.2) is 0 Å². The Hall–Kier alpha value is -2.06. The van der Waals surface area contributed by atoms with Gasteiger partial charge in [-0.3, -0.25) is 0 Å². The monoisotopic (exact) mass is 268 g/mol. The molecular formula is C16H13ClN2. The molecule has 0 aliphatic rings. The van der Waals surface area contributed by atoms with Crippen LogP contribution in [0.2, 0.25) is 5.15 Å². The van der Waals surface area contributed by atoms with E-state index in [1.165, 1.54) is 16.3 Å². The number of aromatic nitrogens is 1. The molecule has 1 N–H and O–H groups in total. The van der Waals surface area contributed by atoms with Crippen LogP contribution in [0.1, 0.15) is 5.56 Å². The summed E-state index contributed by atoms with van der Waals surface area (Å²) in [6.45, 7) is 0.769. The fourth-order valence-electron chi connectivity index (χ4n) is 2.07. The highest BCUT2D eigenvalue weighted by atomic mass is 35.5. The molecular weight excluding hydrogens is 256 g/mol. The molecule has 2 nitrogen and oxygen atoms in total. The number of hydrogen-bond donors (Lipinski definition) is 1. The second-order valence-electron chi connectivity index (χ2n) is 4.40. The van der Waals surface area contributed by atoms with Crippen LogP contribution in [-0.4, -0.2) is 4.98 Å². The van der Waals surface area contributed by atoms with E-state index in [1.807, 2.05) is 12.1 Å².